The first-order chi connectivity index (χ1) is 18.4. The predicted molar refractivity (Wildman–Crippen MR) is 137 cm³/mol. The molecule has 5 rings (SSSR count). The minimum atomic E-state index is -4.44. The highest BCUT2D eigenvalue weighted by Gasteiger charge is 2.37. The van der Waals surface area contributed by atoms with E-state index in [9.17, 15) is 23.1 Å². The molecule has 1 saturated carbocycles. The van der Waals surface area contributed by atoms with Gasteiger partial charge in [0.1, 0.15) is 11.6 Å². The van der Waals surface area contributed by atoms with Crippen molar-refractivity contribution in [2.24, 2.45) is 0 Å². The second kappa shape index (κ2) is 10.4. The summed E-state index contributed by atoms with van der Waals surface area (Å²) in [7, 11) is 0. The van der Waals surface area contributed by atoms with Crippen molar-refractivity contribution in [3.8, 4) is 11.1 Å². The number of nitrogens with one attached hydrogen (secondary N) is 1. The van der Waals surface area contributed by atoms with E-state index in [2.05, 4.69) is 20.5 Å². The Morgan fingerprint density at radius 3 is 2.51 bits per heavy atom. The maximum Gasteiger partial charge on any atom is 0.408 e. The Morgan fingerprint density at radius 1 is 1.15 bits per heavy atom. The third-order valence-corrected chi connectivity index (χ3v) is 7.78. The van der Waals surface area contributed by atoms with Crippen LogP contribution in [0, 0.1) is 0 Å². The van der Waals surface area contributed by atoms with Crippen LogP contribution in [0.15, 0.2) is 24.7 Å². The van der Waals surface area contributed by atoms with Gasteiger partial charge in [-0.3, -0.25) is 9.48 Å². The van der Waals surface area contributed by atoms with Crippen molar-refractivity contribution in [3.63, 3.8) is 0 Å². The van der Waals surface area contributed by atoms with E-state index >= 15 is 0 Å². The van der Waals surface area contributed by atoms with Crippen LogP contribution in [0.5, 0.6) is 0 Å². The normalized spacial score (nSPS) is 21.8. The number of aliphatic hydroxyl groups excluding tert-OH is 1. The van der Waals surface area contributed by atoms with Crippen LogP contribution in [-0.2, 0) is 15.1 Å². The Kier molecular flexibility index (Phi) is 7.31. The first-order valence-electron chi connectivity index (χ1n) is 13.3. The van der Waals surface area contributed by atoms with Gasteiger partial charge in [-0.2, -0.15) is 18.3 Å². The van der Waals surface area contributed by atoms with Gasteiger partial charge in [0.05, 0.1) is 37.2 Å². The zero-order valence-electron chi connectivity index (χ0n) is 22.3. The molecule has 0 bridgehead atoms. The summed E-state index contributed by atoms with van der Waals surface area (Å²) in [5.74, 6) is -0.104. The van der Waals surface area contributed by atoms with Gasteiger partial charge in [0.2, 0.25) is 11.9 Å². The van der Waals surface area contributed by atoms with E-state index in [4.69, 9.17) is 4.74 Å². The van der Waals surface area contributed by atoms with Crippen molar-refractivity contribution < 1.29 is 27.8 Å². The minimum absolute atomic E-state index is 0.0542. The van der Waals surface area contributed by atoms with Crippen LogP contribution in [0.4, 0.5) is 19.1 Å². The molecule has 1 aliphatic heterocycles. The lowest BCUT2D eigenvalue weighted by Gasteiger charge is -2.34. The van der Waals surface area contributed by atoms with Crippen LogP contribution in [0.3, 0.4) is 0 Å². The predicted octanol–water partition coefficient (Wildman–Crippen LogP) is 3.57. The van der Waals surface area contributed by atoms with Gasteiger partial charge >= 0.3 is 6.18 Å². The molecule has 3 aromatic heterocycles. The van der Waals surface area contributed by atoms with Crippen LogP contribution in [0.2, 0.25) is 0 Å². The maximum atomic E-state index is 13.3. The quantitative estimate of drug-likeness (QED) is 0.484. The number of carbonyl (C=O) groups is 1. The van der Waals surface area contributed by atoms with Crippen LogP contribution in [0.25, 0.3) is 16.6 Å². The number of halogens is 3. The summed E-state index contributed by atoms with van der Waals surface area (Å²) >= 11 is 0. The zero-order valence-corrected chi connectivity index (χ0v) is 22.3. The van der Waals surface area contributed by atoms with Gasteiger partial charge in [0.15, 0.2) is 0 Å². The minimum Gasteiger partial charge on any atom is -0.393 e. The average molecular weight is 550 g/mol. The molecule has 2 aliphatic rings. The van der Waals surface area contributed by atoms with E-state index in [1.54, 1.807) is 26.5 Å². The number of ether oxygens (including phenoxy) is 1. The molecule has 1 aliphatic carbocycles. The Bertz CT molecular complexity index is 1320. The molecule has 1 saturated heterocycles. The molecule has 2 N–H and O–H groups in total. The lowest BCUT2D eigenvalue weighted by atomic mass is 9.85. The topological polar surface area (TPSA) is 110 Å². The number of carbonyl (C=O) groups excluding carboxylic acids is 1. The Morgan fingerprint density at radius 2 is 1.85 bits per heavy atom. The van der Waals surface area contributed by atoms with Gasteiger partial charge in [0, 0.05) is 42.0 Å². The Balaban J connectivity index is 1.51. The summed E-state index contributed by atoms with van der Waals surface area (Å²) in [5, 5.41) is 21.3. The molecule has 3 aromatic rings. The zero-order chi connectivity index (χ0) is 27.9. The third kappa shape index (κ3) is 5.46. The fourth-order valence-electron chi connectivity index (χ4n) is 5.27. The fourth-order valence-corrected chi connectivity index (χ4v) is 5.27. The largest absolute Gasteiger partial charge is 0.408 e. The maximum absolute atomic E-state index is 13.3. The van der Waals surface area contributed by atoms with Gasteiger partial charge in [-0.15, -0.1) is 5.10 Å². The second-order valence-corrected chi connectivity index (χ2v) is 10.9. The molecule has 13 heteroatoms. The van der Waals surface area contributed by atoms with Gasteiger partial charge < -0.3 is 20.1 Å². The number of anilines is 1. The number of alkyl halides is 3. The molecule has 4 heterocycles. The molecule has 0 spiro atoms. The number of aromatic nitrogens is 5. The van der Waals surface area contributed by atoms with Crippen molar-refractivity contribution in [1.29, 1.82) is 0 Å². The summed E-state index contributed by atoms with van der Waals surface area (Å²) in [5.41, 5.74) is 2.04. The molecule has 212 valence electrons. The molecule has 0 unspecified atom stereocenters. The van der Waals surface area contributed by atoms with Crippen molar-refractivity contribution in [3.05, 3.63) is 30.4 Å². The van der Waals surface area contributed by atoms with E-state index < -0.39 is 17.8 Å². The van der Waals surface area contributed by atoms with Crippen molar-refractivity contribution in [2.75, 3.05) is 31.6 Å². The van der Waals surface area contributed by atoms with Crippen LogP contribution in [-0.4, -0.2) is 84.9 Å². The Labute approximate surface area is 224 Å². The number of aliphatic hydroxyl groups is 1. The summed E-state index contributed by atoms with van der Waals surface area (Å²) in [6.07, 6.45) is 2.96. The van der Waals surface area contributed by atoms with E-state index in [0.717, 1.165) is 36.6 Å². The number of nitrogens with zero attached hydrogens (tertiary/aromatic N) is 6. The van der Waals surface area contributed by atoms with E-state index in [-0.39, 0.29) is 23.9 Å². The Hall–Kier alpha value is -3.19. The standard InChI is InChI=1S/C26H34F3N7O3/c1-16(26(27,28)29)32-24-30-14-22-20(12-21(36(22)33-24)17-4-6-19(37)7-5-17)18-13-31-35(15-18)25(2,3)23(38)34-8-10-39-11-9-34/h12-17,19,37H,4-11H2,1-3H3,(H,32,33)/t16-,17-,19-/m0/s1. The highest BCUT2D eigenvalue weighted by Crippen LogP contribution is 2.38. The van der Waals surface area contributed by atoms with Gasteiger partial charge in [-0.1, -0.05) is 0 Å². The number of rotatable bonds is 6. The van der Waals surface area contributed by atoms with Gasteiger partial charge in [-0.05, 0) is 52.5 Å². The monoisotopic (exact) mass is 549 g/mol. The van der Waals surface area contributed by atoms with Gasteiger partial charge in [-0.25, -0.2) is 9.50 Å². The van der Waals surface area contributed by atoms with E-state index in [1.807, 2.05) is 19.9 Å². The second-order valence-electron chi connectivity index (χ2n) is 10.9. The molecule has 2 fully saturated rings. The van der Waals surface area contributed by atoms with Crippen LogP contribution in [0.1, 0.15) is 58.1 Å². The highest BCUT2D eigenvalue weighted by atomic mass is 19.4. The highest BCUT2D eigenvalue weighted by molar-refractivity contribution is 5.85. The van der Waals surface area contributed by atoms with Crippen LogP contribution >= 0.6 is 0 Å². The molecule has 10 nitrogen and oxygen atoms in total. The number of amides is 1. The number of fused-ring (bicyclic) bond motifs is 1. The number of hydrogen-bond donors (Lipinski definition) is 2. The number of morpholine rings is 1. The summed E-state index contributed by atoms with van der Waals surface area (Å²) in [6, 6.07) is 0.157. The smallest absolute Gasteiger partial charge is 0.393 e. The molecule has 0 radical (unpaired) electrons. The average Bonchev–Trinajstić information content (AvgIpc) is 3.54. The van der Waals surface area contributed by atoms with Crippen molar-refractivity contribution >= 4 is 17.4 Å². The molecule has 0 aromatic carbocycles. The van der Waals surface area contributed by atoms with Crippen molar-refractivity contribution in [1.82, 2.24) is 29.3 Å². The van der Waals surface area contributed by atoms with E-state index in [0.29, 0.717) is 44.7 Å². The molecular formula is C26H34F3N7O3. The summed E-state index contributed by atoms with van der Waals surface area (Å²) in [4.78, 5) is 19.2. The summed E-state index contributed by atoms with van der Waals surface area (Å²) < 4.78 is 48.2. The molecule has 1 atom stereocenters. The lowest BCUT2D eigenvalue weighted by molar-refractivity contribution is -0.144. The molecular weight excluding hydrogens is 515 g/mol. The number of hydrogen-bond acceptors (Lipinski definition) is 7. The first-order valence-corrected chi connectivity index (χ1v) is 13.3. The van der Waals surface area contributed by atoms with Crippen LogP contribution < -0.4 is 5.32 Å². The lowest BCUT2D eigenvalue weighted by Crippen LogP contribution is -2.51. The first kappa shape index (κ1) is 27.4. The fraction of sp³-hybridized carbons (Fsp3) is 0.615. The van der Waals surface area contributed by atoms with E-state index in [1.165, 1.54) is 6.20 Å². The SMILES string of the molecule is C[C@H](Nc1ncc2c(-c3cnn(C(C)(C)C(=O)N4CCOCC4)c3)cc([C@H]3CC[C@H](O)CC3)n2n1)C(F)(F)F. The van der Waals surface area contributed by atoms with Gasteiger partial charge in [0.25, 0.3) is 0 Å². The van der Waals surface area contributed by atoms with Crippen molar-refractivity contribution in [2.45, 2.75) is 76.2 Å². The third-order valence-electron chi connectivity index (χ3n) is 7.78. The summed E-state index contributed by atoms with van der Waals surface area (Å²) in [6.45, 7) is 6.72. The molecule has 39 heavy (non-hydrogen) atoms. The molecule has 1 amide bonds.